The normalized spacial score (nSPS) is 58.6. The predicted molar refractivity (Wildman–Crippen MR) is 51.2 cm³/mol. The highest BCUT2D eigenvalue weighted by atomic mass is 16.3. The van der Waals surface area contributed by atoms with E-state index >= 15 is 0 Å². The van der Waals surface area contributed by atoms with Crippen LogP contribution in [0.4, 0.5) is 0 Å². The summed E-state index contributed by atoms with van der Waals surface area (Å²) >= 11 is 0. The molecule has 0 aromatic carbocycles. The first kappa shape index (κ1) is 9.47. The number of rotatable bonds is 0. The van der Waals surface area contributed by atoms with Crippen molar-refractivity contribution in [1.29, 1.82) is 0 Å². The highest BCUT2D eigenvalue weighted by Gasteiger charge is 2.67. The molecule has 2 aliphatic carbocycles. The smallest absolute Gasteiger partial charge is 0.0905 e. The topological polar surface area (TPSA) is 40.5 Å². The summed E-state index contributed by atoms with van der Waals surface area (Å²) in [5.41, 5.74) is -0.546. The second-order valence-electron chi connectivity index (χ2n) is 5.72. The van der Waals surface area contributed by atoms with Crippen molar-refractivity contribution in [2.24, 2.45) is 23.2 Å². The van der Waals surface area contributed by atoms with E-state index in [-0.39, 0.29) is 5.92 Å². The Morgan fingerprint density at radius 1 is 1.23 bits per heavy atom. The first-order chi connectivity index (χ1) is 5.79. The second kappa shape index (κ2) is 2.29. The fourth-order valence-corrected chi connectivity index (χ4v) is 3.38. The molecule has 0 saturated heterocycles. The lowest BCUT2D eigenvalue weighted by Crippen LogP contribution is -2.49. The van der Waals surface area contributed by atoms with Crippen LogP contribution in [0.25, 0.3) is 0 Å². The van der Waals surface area contributed by atoms with Gasteiger partial charge in [-0.15, -0.1) is 0 Å². The molecule has 0 heterocycles. The van der Waals surface area contributed by atoms with Crippen molar-refractivity contribution in [3.8, 4) is 0 Å². The lowest BCUT2D eigenvalue weighted by atomic mass is 9.75. The molecule has 0 spiro atoms. The largest absolute Gasteiger partial charge is 0.390 e. The summed E-state index contributed by atoms with van der Waals surface area (Å²) in [5, 5.41) is 19.9. The van der Waals surface area contributed by atoms with Crippen LogP contribution in [-0.4, -0.2) is 21.9 Å². The molecular formula is C11H20O2. The van der Waals surface area contributed by atoms with Gasteiger partial charge in [0.15, 0.2) is 0 Å². The summed E-state index contributed by atoms with van der Waals surface area (Å²) in [4.78, 5) is 0. The Morgan fingerprint density at radius 3 is 2.31 bits per heavy atom. The summed E-state index contributed by atoms with van der Waals surface area (Å²) in [7, 11) is 0. The number of hydrogen-bond acceptors (Lipinski definition) is 2. The molecule has 5 atom stereocenters. The van der Waals surface area contributed by atoms with Gasteiger partial charge in [-0.05, 0) is 36.5 Å². The summed E-state index contributed by atoms with van der Waals surface area (Å²) in [6.45, 7) is 8.32. The van der Waals surface area contributed by atoms with Crippen LogP contribution < -0.4 is 0 Å². The van der Waals surface area contributed by atoms with Gasteiger partial charge >= 0.3 is 0 Å². The van der Waals surface area contributed by atoms with Gasteiger partial charge in [-0.3, -0.25) is 0 Å². The molecule has 2 fully saturated rings. The van der Waals surface area contributed by atoms with Crippen LogP contribution in [0.15, 0.2) is 0 Å². The predicted octanol–water partition coefficient (Wildman–Crippen LogP) is 1.41. The third-order valence-corrected chi connectivity index (χ3v) is 4.75. The van der Waals surface area contributed by atoms with Gasteiger partial charge in [-0.25, -0.2) is 0 Å². The maximum atomic E-state index is 10.1. The van der Waals surface area contributed by atoms with E-state index in [2.05, 4.69) is 20.8 Å². The van der Waals surface area contributed by atoms with E-state index in [1.165, 1.54) is 0 Å². The van der Waals surface area contributed by atoms with Crippen molar-refractivity contribution in [3.63, 3.8) is 0 Å². The number of aliphatic hydroxyl groups is 2. The van der Waals surface area contributed by atoms with Gasteiger partial charge in [0.1, 0.15) is 0 Å². The van der Waals surface area contributed by atoms with Crippen LogP contribution >= 0.6 is 0 Å². The zero-order chi connectivity index (χ0) is 10.0. The summed E-state index contributed by atoms with van der Waals surface area (Å²) < 4.78 is 0. The van der Waals surface area contributed by atoms with E-state index in [9.17, 15) is 10.2 Å². The molecule has 2 nitrogen and oxygen atoms in total. The SMILES string of the molecule is CC1C2C(CC(O)C1(C)O)C2(C)C. The Labute approximate surface area is 80.0 Å². The van der Waals surface area contributed by atoms with Crippen molar-refractivity contribution >= 4 is 0 Å². The Morgan fingerprint density at radius 2 is 1.77 bits per heavy atom. The Balaban J connectivity index is 2.24. The quantitative estimate of drug-likeness (QED) is 0.597. The van der Waals surface area contributed by atoms with E-state index in [1.54, 1.807) is 6.92 Å². The van der Waals surface area contributed by atoms with Gasteiger partial charge in [0, 0.05) is 0 Å². The lowest BCUT2D eigenvalue weighted by Gasteiger charge is -2.38. The first-order valence-corrected chi connectivity index (χ1v) is 5.20. The third-order valence-electron chi connectivity index (χ3n) is 4.75. The van der Waals surface area contributed by atoms with Crippen molar-refractivity contribution in [3.05, 3.63) is 0 Å². The van der Waals surface area contributed by atoms with Gasteiger partial charge in [-0.1, -0.05) is 20.8 Å². The molecule has 76 valence electrons. The standard InChI is InChI=1S/C11H20O2/c1-6-9-7(10(9,2)3)5-8(12)11(6,4)13/h6-9,12-13H,5H2,1-4H3. The van der Waals surface area contributed by atoms with Crippen LogP contribution in [0.1, 0.15) is 34.1 Å². The molecular weight excluding hydrogens is 164 g/mol. The highest BCUT2D eigenvalue weighted by Crippen LogP contribution is 2.68. The lowest BCUT2D eigenvalue weighted by molar-refractivity contribution is -0.122. The first-order valence-electron chi connectivity index (χ1n) is 5.20. The molecule has 2 heteroatoms. The van der Waals surface area contributed by atoms with Crippen molar-refractivity contribution < 1.29 is 10.2 Å². The molecule has 0 amide bonds. The Hall–Kier alpha value is -0.0800. The fourth-order valence-electron chi connectivity index (χ4n) is 3.38. The minimum atomic E-state index is -0.880. The fraction of sp³-hybridized carbons (Fsp3) is 1.00. The van der Waals surface area contributed by atoms with Crippen LogP contribution in [0, 0.1) is 23.2 Å². The molecule has 0 bridgehead atoms. The van der Waals surface area contributed by atoms with E-state index in [0.717, 1.165) is 6.42 Å². The minimum Gasteiger partial charge on any atom is -0.390 e. The molecule has 5 unspecified atom stereocenters. The zero-order valence-corrected chi connectivity index (χ0v) is 8.91. The van der Waals surface area contributed by atoms with Gasteiger partial charge in [0.25, 0.3) is 0 Å². The third kappa shape index (κ3) is 1.02. The molecule has 2 N–H and O–H groups in total. The number of aliphatic hydroxyl groups excluding tert-OH is 1. The van der Waals surface area contributed by atoms with E-state index in [0.29, 0.717) is 17.3 Å². The van der Waals surface area contributed by atoms with Gasteiger partial charge in [-0.2, -0.15) is 0 Å². The van der Waals surface area contributed by atoms with Crippen LogP contribution in [0.5, 0.6) is 0 Å². The van der Waals surface area contributed by atoms with Gasteiger partial charge in [0.05, 0.1) is 11.7 Å². The monoisotopic (exact) mass is 184 g/mol. The molecule has 0 aliphatic heterocycles. The summed E-state index contributed by atoms with van der Waals surface area (Å²) in [6, 6.07) is 0. The Kier molecular flexibility index (Phi) is 1.67. The van der Waals surface area contributed by atoms with Crippen LogP contribution in [0.2, 0.25) is 0 Å². The second-order valence-corrected chi connectivity index (χ2v) is 5.72. The maximum absolute atomic E-state index is 10.1. The molecule has 0 aromatic rings. The Bertz CT molecular complexity index is 232. The molecule has 2 rings (SSSR count). The molecule has 0 radical (unpaired) electrons. The van der Waals surface area contributed by atoms with Crippen molar-refractivity contribution in [1.82, 2.24) is 0 Å². The van der Waals surface area contributed by atoms with E-state index in [4.69, 9.17) is 0 Å². The van der Waals surface area contributed by atoms with Crippen LogP contribution in [-0.2, 0) is 0 Å². The molecule has 2 saturated carbocycles. The van der Waals surface area contributed by atoms with E-state index < -0.39 is 11.7 Å². The van der Waals surface area contributed by atoms with Gasteiger partial charge < -0.3 is 10.2 Å². The average Bonchev–Trinajstić information content (AvgIpc) is 2.50. The number of fused-ring (bicyclic) bond motifs is 1. The summed E-state index contributed by atoms with van der Waals surface area (Å²) in [6.07, 6.45) is 0.236. The highest BCUT2D eigenvalue weighted by molar-refractivity contribution is 5.15. The number of hydrogen-bond donors (Lipinski definition) is 2. The maximum Gasteiger partial charge on any atom is 0.0905 e. The van der Waals surface area contributed by atoms with E-state index in [1.807, 2.05) is 0 Å². The van der Waals surface area contributed by atoms with Crippen molar-refractivity contribution in [2.45, 2.75) is 45.8 Å². The zero-order valence-electron chi connectivity index (χ0n) is 8.91. The molecule has 13 heavy (non-hydrogen) atoms. The van der Waals surface area contributed by atoms with Gasteiger partial charge in [0.2, 0.25) is 0 Å². The molecule has 0 aromatic heterocycles. The minimum absolute atomic E-state index is 0.219. The molecule has 2 aliphatic rings. The average molecular weight is 184 g/mol. The van der Waals surface area contributed by atoms with Crippen LogP contribution in [0.3, 0.4) is 0 Å². The summed E-state index contributed by atoms with van der Waals surface area (Å²) in [5.74, 6) is 1.44. The van der Waals surface area contributed by atoms with Crippen molar-refractivity contribution in [2.75, 3.05) is 0 Å².